The summed E-state index contributed by atoms with van der Waals surface area (Å²) in [5, 5.41) is 19.8. The first-order chi connectivity index (χ1) is 44.5. The molecule has 0 atom stereocenters. The fraction of sp³-hybridized carbons (Fsp3) is 0.151. The number of halogens is 3. The minimum absolute atomic E-state index is 0.116. The number of nitrogens with one attached hydrogen (secondary N) is 5. The van der Waals surface area contributed by atoms with Crippen LogP contribution >= 0.6 is 34.8 Å². The number of aryl methyl sites for hydroxylation is 3. The third-order valence-corrected chi connectivity index (χ3v) is 15.9. The first-order valence-electron chi connectivity index (χ1n) is 29.6. The molecular formula is C73H66Cl3N13O3. The van der Waals surface area contributed by atoms with E-state index < -0.39 is 0 Å². The number of nitrogens with two attached hydrogens (primary N) is 1. The van der Waals surface area contributed by atoms with Crippen LogP contribution in [0.15, 0.2) is 195 Å². The maximum Gasteiger partial charge on any atom is 0.251 e. The van der Waals surface area contributed by atoms with E-state index in [4.69, 9.17) is 40.5 Å². The number of carbonyl (C=O) groups excluding carboxylic acids is 3. The van der Waals surface area contributed by atoms with Gasteiger partial charge in [-0.1, -0.05) is 71.2 Å². The van der Waals surface area contributed by atoms with Gasteiger partial charge in [-0.2, -0.15) is 0 Å². The maximum absolute atomic E-state index is 12.7. The summed E-state index contributed by atoms with van der Waals surface area (Å²) in [6.07, 6.45) is 11.8. The van der Waals surface area contributed by atoms with Gasteiger partial charge in [0.15, 0.2) is 0 Å². The third-order valence-electron chi connectivity index (χ3n) is 15.3. The molecule has 0 saturated carbocycles. The molecule has 12 aromatic rings. The SMILES string of the molecule is CNc1ccc(CNC(=O)c2ccnc(Cc3ccc4ncc(Cl)cc4c3)c2)c(C)c1.CNc1ccc(CNC(=O)c2ccnc(Cc3ccc4ncc(Cl)cc4c3)c2)c(C)n1.Cc1cc(N)ccc1CNC(=O)c1ccnc(Cc2ccc3ncc(Cl)cc3c2)c1. The van der Waals surface area contributed by atoms with Crippen LogP contribution in [0.5, 0.6) is 0 Å². The van der Waals surface area contributed by atoms with E-state index in [-0.39, 0.29) is 17.7 Å². The highest BCUT2D eigenvalue weighted by Gasteiger charge is 2.14. The first-order valence-corrected chi connectivity index (χ1v) is 30.7. The molecular weight excluding hydrogens is 1210 g/mol. The van der Waals surface area contributed by atoms with Gasteiger partial charge in [-0.05, 0) is 187 Å². The highest BCUT2D eigenvalue weighted by Crippen LogP contribution is 2.24. The van der Waals surface area contributed by atoms with Crippen molar-refractivity contribution < 1.29 is 14.4 Å². The van der Waals surface area contributed by atoms with Gasteiger partial charge in [-0.3, -0.25) is 44.3 Å². The van der Waals surface area contributed by atoms with Gasteiger partial charge in [0.2, 0.25) is 0 Å². The molecule has 16 nitrogen and oxygen atoms in total. The molecule has 0 aliphatic carbocycles. The van der Waals surface area contributed by atoms with Gasteiger partial charge in [0.25, 0.3) is 17.7 Å². The molecule has 7 heterocycles. The molecule has 0 bridgehead atoms. The summed E-state index contributed by atoms with van der Waals surface area (Å²) >= 11 is 18.2. The van der Waals surface area contributed by atoms with E-state index in [1.807, 2.05) is 162 Å². The smallest absolute Gasteiger partial charge is 0.251 e. The Kier molecular flexibility index (Phi) is 21.4. The van der Waals surface area contributed by atoms with E-state index >= 15 is 0 Å². The van der Waals surface area contributed by atoms with Gasteiger partial charge in [-0.25, -0.2) is 4.98 Å². The van der Waals surface area contributed by atoms with Crippen molar-refractivity contribution in [3.8, 4) is 0 Å². The lowest BCUT2D eigenvalue weighted by atomic mass is 10.0. The number of benzene rings is 5. The number of amides is 3. The van der Waals surface area contributed by atoms with Gasteiger partial charge >= 0.3 is 0 Å². The molecule has 462 valence electrons. The van der Waals surface area contributed by atoms with Crippen LogP contribution in [0.1, 0.15) is 98.4 Å². The quantitative estimate of drug-likeness (QED) is 0.0467. The van der Waals surface area contributed by atoms with Crippen LogP contribution in [0.4, 0.5) is 17.2 Å². The van der Waals surface area contributed by atoms with Gasteiger partial charge in [0.1, 0.15) is 5.82 Å². The number of nitrogen functional groups attached to an aromatic ring is 1. The Morgan fingerprint density at radius 2 is 0.804 bits per heavy atom. The summed E-state index contributed by atoms with van der Waals surface area (Å²) in [6, 6.07) is 50.1. The maximum atomic E-state index is 12.7. The second-order valence-corrected chi connectivity index (χ2v) is 23.3. The zero-order valence-electron chi connectivity index (χ0n) is 51.3. The summed E-state index contributed by atoms with van der Waals surface area (Å²) in [6.45, 7) is 7.29. The number of anilines is 3. The Labute approximate surface area is 548 Å². The molecule has 3 amide bonds. The van der Waals surface area contributed by atoms with Gasteiger partial charge in [0, 0.05) is 157 Å². The van der Waals surface area contributed by atoms with Gasteiger partial charge in [0.05, 0.1) is 31.6 Å². The Morgan fingerprint density at radius 1 is 0.413 bits per heavy atom. The number of fused-ring (bicyclic) bond motifs is 3. The second-order valence-electron chi connectivity index (χ2n) is 22.0. The van der Waals surface area contributed by atoms with Crippen LogP contribution in [0.25, 0.3) is 32.7 Å². The predicted octanol–water partition coefficient (Wildman–Crippen LogP) is 14.4. The van der Waals surface area contributed by atoms with Crippen LogP contribution in [0.3, 0.4) is 0 Å². The molecule has 0 radical (unpaired) electrons. The van der Waals surface area contributed by atoms with Crippen molar-refractivity contribution in [3.05, 3.63) is 294 Å². The topological polar surface area (TPSA) is 228 Å². The van der Waals surface area contributed by atoms with E-state index in [0.717, 1.165) is 111 Å². The zero-order chi connectivity index (χ0) is 64.7. The van der Waals surface area contributed by atoms with Crippen molar-refractivity contribution in [1.82, 2.24) is 50.8 Å². The van der Waals surface area contributed by atoms with Crippen molar-refractivity contribution in [2.75, 3.05) is 30.5 Å². The highest BCUT2D eigenvalue weighted by atomic mass is 35.5. The molecule has 0 saturated heterocycles. The van der Waals surface area contributed by atoms with E-state index in [2.05, 4.69) is 73.6 Å². The van der Waals surface area contributed by atoms with Crippen molar-refractivity contribution in [1.29, 1.82) is 0 Å². The summed E-state index contributed by atoms with van der Waals surface area (Å²) in [5.41, 5.74) is 23.9. The third kappa shape index (κ3) is 17.5. The molecule has 0 unspecified atom stereocenters. The number of hydrogen-bond acceptors (Lipinski definition) is 13. The van der Waals surface area contributed by atoms with Crippen LogP contribution < -0.4 is 32.3 Å². The Bertz CT molecular complexity index is 4490. The number of hydrogen-bond donors (Lipinski definition) is 6. The molecule has 19 heteroatoms. The van der Waals surface area contributed by atoms with Gasteiger partial charge < -0.3 is 32.3 Å². The summed E-state index contributed by atoms with van der Waals surface area (Å²) in [4.78, 5) is 68.7. The molecule has 5 aromatic carbocycles. The number of aromatic nitrogens is 7. The summed E-state index contributed by atoms with van der Waals surface area (Å²) in [5.74, 6) is 0.410. The van der Waals surface area contributed by atoms with Crippen LogP contribution in [0.2, 0.25) is 15.1 Å². The van der Waals surface area contributed by atoms with E-state index in [0.29, 0.717) is 76.3 Å². The molecule has 0 aliphatic rings. The summed E-state index contributed by atoms with van der Waals surface area (Å²) in [7, 11) is 3.72. The lowest BCUT2D eigenvalue weighted by Gasteiger charge is -2.10. The summed E-state index contributed by atoms with van der Waals surface area (Å²) < 4.78 is 0. The second kappa shape index (κ2) is 30.4. The van der Waals surface area contributed by atoms with Gasteiger partial charge in [-0.15, -0.1) is 0 Å². The van der Waals surface area contributed by atoms with Crippen molar-refractivity contribution in [3.63, 3.8) is 0 Å². The van der Waals surface area contributed by atoms with Crippen molar-refractivity contribution in [2.24, 2.45) is 0 Å². The minimum atomic E-state index is -0.143. The standard InChI is InChI=1S/C25H23ClN4O.C24H22ClN5O.C24H21ClN4O/c1-16-9-22(27-2)5-4-19(16)14-30-25(31)18-7-8-28-23(13-18)11-17-3-6-24-20(10-17)12-21(26)15-29-24;1-15-18(4-6-23(26-2)30-15)13-29-24(31)17-7-8-27-21(12-17)10-16-3-5-22-19(9-16)11-20(25)14-28-22;1-15-8-21(26)4-3-18(15)13-29-24(30)17-6-7-27-22(12-17)10-16-2-5-23-19(9-16)11-20(25)14-28-23/h3-10,12-13,15,27H,11,14H2,1-2H3,(H,30,31);3-9,11-12,14H,10,13H2,1-2H3,(H,26,30)(H,29,31);2-9,11-12,14H,10,13,26H2,1H3,(H,29,30). The molecule has 0 spiro atoms. The monoisotopic (exact) mass is 1280 g/mol. The predicted molar refractivity (Wildman–Crippen MR) is 370 cm³/mol. The molecule has 7 N–H and O–H groups in total. The Balaban J connectivity index is 0.000000151. The van der Waals surface area contributed by atoms with Crippen LogP contribution in [0, 0.1) is 20.8 Å². The zero-order valence-corrected chi connectivity index (χ0v) is 53.6. The van der Waals surface area contributed by atoms with Crippen molar-refractivity contribution >= 4 is 102 Å². The number of rotatable bonds is 17. The number of pyridine rings is 7. The Morgan fingerprint density at radius 3 is 1.18 bits per heavy atom. The molecule has 0 fully saturated rings. The lowest BCUT2D eigenvalue weighted by molar-refractivity contribution is 0.0942. The van der Waals surface area contributed by atoms with Crippen LogP contribution in [-0.2, 0) is 38.9 Å². The van der Waals surface area contributed by atoms with E-state index in [1.54, 1.807) is 55.4 Å². The molecule has 92 heavy (non-hydrogen) atoms. The molecule has 0 aliphatic heterocycles. The fourth-order valence-electron chi connectivity index (χ4n) is 10.3. The number of nitrogens with zero attached hydrogens (tertiary/aromatic N) is 7. The molecule has 12 rings (SSSR count). The highest BCUT2D eigenvalue weighted by molar-refractivity contribution is 6.31. The average Bonchev–Trinajstić information content (AvgIpc) is 1.50. The minimum Gasteiger partial charge on any atom is -0.399 e. The van der Waals surface area contributed by atoms with E-state index in [1.165, 1.54) is 0 Å². The number of carbonyl (C=O) groups is 3. The normalized spacial score (nSPS) is 10.8. The fourth-order valence-corrected chi connectivity index (χ4v) is 10.8. The lowest BCUT2D eigenvalue weighted by Crippen LogP contribution is -2.23. The molecule has 7 aromatic heterocycles. The Hall–Kier alpha value is -10.4. The average molecular weight is 1280 g/mol. The largest absolute Gasteiger partial charge is 0.399 e. The first kappa shape index (κ1) is 64.6. The van der Waals surface area contributed by atoms with Crippen molar-refractivity contribution in [2.45, 2.75) is 59.7 Å². The van der Waals surface area contributed by atoms with E-state index in [9.17, 15) is 14.4 Å². The van der Waals surface area contributed by atoms with Crippen LogP contribution in [-0.4, -0.2) is 66.7 Å².